The van der Waals surface area contributed by atoms with Gasteiger partial charge in [-0.05, 0) is 36.6 Å². The normalized spacial score (nSPS) is 10.8. The van der Waals surface area contributed by atoms with Crippen molar-refractivity contribution < 1.29 is 9.53 Å². The highest BCUT2D eigenvalue weighted by Crippen LogP contribution is 2.21. The van der Waals surface area contributed by atoms with Crippen molar-refractivity contribution in [3.05, 3.63) is 75.3 Å². The first-order chi connectivity index (χ1) is 10.1. The number of halogens is 1. The number of ether oxygens (including phenoxy) is 1. The molecule has 0 fully saturated rings. The number of aryl methyl sites for hydroxylation is 1. The topological polar surface area (TPSA) is 26.3 Å². The van der Waals surface area contributed by atoms with Crippen LogP contribution in [0.4, 0.5) is 0 Å². The van der Waals surface area contributed by atoms with Gasteiger partial charge >= 0.3 is 5.97 Å². The van der Waals surface area contributed by atoms with E-state index in [9.17, 15) is 4.79 Å². The first kappa shape index (κ1) is 15.5. The molecule has 2 aromatic carbocycles. The van der Waals surface area contributed by atoms with Crippen LogP contribution in [-0.2, 0) is 11.2 Å². The molecule has 3 heteroatoms. The van der Waals surface area contributed by atoms with Crippen molar-refractivity contribution in [1.29, 1.82) is 0 Å². The number of carbonyl (C=O) groups is 1. The summed E-state index contributed by atoms with van der Waals surface area (Å²) in [5.41, 5.74) is 4.13. The van der Waals surface area contributed by atoms with E-state index in [-0.39, 0.29) is 5.97 Å². The van der Waals surface area contributed by atoms with Crippen molar-refractivity contribution in [2.45, 2.75) is 13.3 Å². The summed E-state index contributed by atoms with van der Waals surface area (Å²) in [6.07, 6.45) is 5.05. The van der Waals surface area contributed by atoms with Crippen LogP contribution in [0.2, 0.25) is 0 Å². The number of methoxy groups -OCH3 is 1. The highest BCUT2D eigenvalue weighted by Gasteiger charge is 2.06. The van der Waals surface area contributed by atoms with E-state index in [2.05, 4.69) is 53.2 Å². The molecule has 0 aliphatic rings. The quantitative estimate of drug-likeness (QED) is 0.744. The fourth-order valence-electron chi connectivity index (χ4n) is 2.07. The average molecular weight is 345 g/mol. The fourth-order valence-corrected chi connectivity index (χ4v) is 2.58. The van der Waals surface area contributed by atoms with Crippen LogP contribution in [0.15, 0.2) is 53.0 Å². The molecule has 0 amide bonds. The van der Waals surface area contributed by atoms with Gasteiger partial charge in [0.05, 0.1) is 12.7 Å². The summed E-state index contributed by atoms with van der Waals surface area (Å²) in [6, 6.07) is 13.9. The summed E-state index contributed by atoms with van der Waals surface area (Å²) in [4.78, 5) is 11.4. The number of rotatable bonds is 4. The zero-order valence-electron chi connectivity index (χ0n) is 12.1. The van der Waals surface area contributed by atoms with E-state index in [0.29, 0.717) is 5.56 Å². The highest BCUT2D eigenvalue weighted by molar-refractivity contribution is 9.10. The predicted molar refractivity (Wildman–Crippen MR) is 89.4 cm³/mol. The maximum Gasteiger partial charge on any atom is 0.337 e. The maximum absolute atomic E-state index is 11.4. The summed E-state index contributed by atoms with van der Waals surface area (Å²) >= 11 is 3.48. The lowest BCUT2D eigenvalue weighted by Gasteiger charge is -2.03. The lowest BCUT2D eigenvalue weighted by atomic mass is 10.1. The average Bonchev–Trinajstić information content (AvgIpc) is 2.48. The summed E-state index contributed by atoms with van der Waals surface area (Å²) in [6.45, 7) is 2.09. The number of hydrogen-bond donors (Lipinski definition) is 0. The third-order valence-electron chi connectivity index (χ3n) is 3.15. The van der Waals surface area contributed by atoms with E-state index < -0.39 is 0 Å². The molecule has 0 saturated carbocycles. The van der Waals surface area contributed by atoms with Gasteiger partial charge in [0, 0.05) is 4.47 Å². The molecule has 2 nitrogen and oxygen atoms in total. The third kappa shape index (κ3) is 4.30. The van der Waals surface area contributed by atoms with Gasteiger partial charge in [0.2, 0.25) is 0 Å². The van der Waals surface area contributed by atoms with E-state index >= 15 is 0 Å². The van der Waals surface area contributed by atoms with Crippen molar-refractivity contribution >= 4 is 28.0 Å². The van der Waals surface area contributed by atoms with Crippen molar-refractivity contribution in [3.8, 4) is 0 Å². The highest BCUT2D eigenvalue weighted by atomic mass is 79.9. The van der Waals surface area contributed by atoms with E-state index in [1.807, 2.05) is 12.1 Å². The number of hydrogen-bond acceptors (Lipinski definition) is 2. The second kappa shape index (κ2) is 7.23. The van der Waals surface area contributed by atoms with Gasteiger partial charge in [-0.25, -0.2) is 4.79 Å². The van der Waals surface area contributed by atoms with Gasteiger partial charge in [0.25, 0.3) is 0 Å². The molecule has 2 aromatic rings. The first-order valence-electron chi connectivity index (χ1n) is 6.70. The molecule has 0 atom stereocenters. The molecule has 0 bridgehead atoms. The van der Waals surface area contributed by atoms with Crippen LogP contribution in [0.1, 0.15) is 27.0 Å². The standard InChI is InChI=1S/C18H17BrO2/c1-13-5-3-6-14(11-13)7-4-8-15-9-10-16(12-17(15)19)18(20)21-2/h3-6,8-12H,7H2,1-2H3. The van der Waals surface area contributed by atoms with Crippen molar-refractivity contribution in [3.63, 3.8) is 0 Å². The molecule has 0 N–H and O–H groups in total. The minimum absolute atomic E-state index is 0.328. The van der Waals surface area contributed by atoms with Crippen LogP contribution in [0.25, 0.3) is 6.08 Å². The summed E-state index contributed by atoms with van der Waals surface area (Å²) in [5, 5.41) is 0. The minimum atomic E-state index is -0.328. The first-order valence-corrected chi connectivity index (χ1v) is 7.49. The molecule has 2 rings (SSSR count). The summed E-state index contributed by atoms with van der Waals surface area (Å²) < 4.78 is 5.58. The van der Waals surface area contributed by atoms with E-state index in [1.54, 1.807) is 12.1 Å². The molecule has 0 saturated heterocycles. The van der Waals surface area contributed by atoms with Gasteiger partial charge in [-0.1, -0.05) is 64.0 Å². The molecular weight excluding hydrogens is 328 g/mol. The SMILES string of the molecule is COC(=O)c1ccc(C=CCc2cccc(C)c2)c(Br)c1. The Morgan fingerprint density at radius 2 is 2.05 bits per heavy atom. The van der Waals surface area contributed by atoms with Crippen LogP contribution in [-0.4, -0.2) is 13.1 Å². The van der Waals surface area contributed by atoms with Gasteiger partial charge in [-0.15, -0.1) is 0 Å². The summed E-state index contributed by atoms with van der Waals surface area (Å²) in [5.74, 6) is -0.328. The Kier molecular flexibility index (Phi) is 5.34. The largest absolute Gasteiger partial charge is 0.465 e. The monoisotopic (exact) mass is 344 g/mol. The molecule has 0 heterocycles. The van der Waals surface area contributed by atoms with E-state index in [0.717, 1.165) is 16.5 Å². The molecule has 108 valence electrons. The van der Waals surface area contributed by atoms with Crippen LogP contribution in [0, 0.1) is 6.92 Å². The Hall–Kier alpha value is -1.87. The van der Waals surface area contributed by atoms with Gasteiger partial charge in [0.1, 0.15) is 0 Å². The zero-order valence-corrected chi connectivity index (χ0v) is 13.7. The number of benzene rings is 2. The number of esters is 1. The van der Waals surface area contributed by atoms with Gasteiger partial charge < -0.3 is 4.74 Å². The third-order valence-corrected chi connectivity index (χ3v) is 3.84. The van der Waals surface area contributed by atoms with Crippen LogP contribution < -0.4 is 0 Å². The van der Waals surface area contributed by atoms with E-state index in [1.165, 1.54) is 18.2 Å². The Bertz CT molecular complexity index is 675. The lowest BCUT2D eigenvalue weighted by molar-refractivity contribution is 0.0600. The smallest absolute Gasteiger partial charge is 0.337 e. The predicted octanol–water partition coefficient (Wildman–Crippen LogP) is 4.80. The minimum Gasteiger partial charge on any atom is -0.465 e. The van der Waals surface area contributed by atoms with Crippen molar-refractivity contribution in [1.82, 2.24) is 0 Å². The van der Waals surface area contributed by atoms with Crippen LogP contribution in [0.3, 0.4) is 0 Å². The molecule has 0 aliphatic carbocycles. The van der Waals surface area contributed by atoms with Crippen LogP contribution in [0.5, 0.6) is 0 Å². The fraction of sp³-hybridized carbons (Fsp3) is 0.167. The lowest BCUT2D eigenvalue weighted by Crippen LogP contribution is -2.00. The van der Waals surface area contributed by atoms with Crippen molar-refractivity contribution in [2.24, 2.45) is 0 Å². The van der Waals surface area contributed by atoms with Gasteiger partial charge in [-0.2, -0.15) is 0 Å². The molecule has 0 aliphatic heterocycles. The maximum atomic E-state index is 11.4. The van der Waals surface area contributed by atoms with Crippen molar-refractivity contribution in [2.75, 3.05) is 7.11 Å². The Labute approximate surface area is 133 Å². The Morgan fingerprint density at radius 3 is 2.71 bits per heavy atom. The van der Waals surface area contributed by atoms with E-state index in [4.69, 9.17) is 4.74 Å². The van der Waals surface area contributed by atoms with Gasteiger partial charge in [0.15, 0.2) is 0 Å². The zero-order chi connectivity index (χ0) is 15.2. The molecule has 0 spiro atoms. The van der Waals surface area contributed by atoms with Crippen LogP contribution >= 0.6 is 15.9 Å². The Morgan fingerprint density at radius 1 is 1.24 bits per heavy atom. The molecular formula is C18H17BrO2. The second-order valence-electron chi connectivity index (χ2n) is 4.82. The Balaban J connectivity index is 2.09. The van der Waals surface area contributed by atoms with Gasteiger partial charge in [-0.3, -0.25) is 0 Å². The molecule has 21 heavy (non-hydrogen) atoms. The number of carbonyl (C=O) groups excluding carboxylic acids is 1. The molecule has 0 unspecified atom stereocenters. The number of allylic oxidation sites excluding steroid dienone is 1. The molecule has 0 aromatic heterocycles. The second-order valence-corrected chi connectivity index (χ2v) is 5.68. The molecule has 0 radical (unpaired) electrons. The summed E-state index contributed by atoms with van der Waals surface area (Å²) in [7, 11) is 1.38.